The lowest BCUT2D eigenvalue weighted by atomic mass is 9.94. The van der Waals surface area contributed by atoms with Crippen LogP contribution in [-0.4, -0.2) is 48.5 Å². The van der Waals surface area contributed by atoms with Crippen molar-refractivity contribution in [1.82, 2.24) is 4.57 Å². The van der Waals surface area contributed by atoms with Gasteiger partial charge in [0.1, 0.15) is 17.5 Å². The Kier molecular flexibility index (Phi) is 7.72. The van der Waals surface area contributed by atoms with Crippen molar-refractivity contribution in [2.75, 3.05) is 27.9 Å². The van der Waals surface area contributed by atoms with Gasteiger partial charge in [0.05, 0.1) is 48.7 Å². The highest BCUT2D eigenvalue weighted by Crippen LogP contribution is 2.39. The van der Waals surface area contributed by atoms with Crippen molar-refractivity contribution in [3.8, 4) is 23.0 Å². The molecule has 0 radical (unpaired) electrons. The number of thiazole rings is 1. The second kappa shape index (κ2) is 11.0. The molecule has 2 aromatic carbocycles. The quantitative estimate of drug-likeness (QED) is 0.251. The van der Waals surface area contributed by atoms with E-state index in [2.05, 4.69) is 4.99 Å². The minimum atomic E-state index is -0.962. The maximum Gasteiger partial charge on any atom is 0.338 e. The maximum absolute atomic E-state index is 13.8. The summed E-state index contributed by atoms with van der Waals surface area (Å²) in [6.45, 7) is 3.44. The monoisotopic (exact) mass is 555 g/mol. The highest BCUT2D eigenvalue weighted by molar-refractivity contribution is 7.07. The highest BCUT2D eigenvalue weighted by Gasteiger charge is 2.35. The van der Waals surface area contributed by atoms with Gasteiger partial charge in [-0.1, -0.05) is 11.3 Å². The molecule has 0 aliphatic carbocycles. The van der Waals surface area contributed by atoms with Crippen LogP contribution in [0.15, 0.2) is 51.4 Å². The van der Waals surface area contributed by atoms with Gasteiger partial charge in [0.2, 0.25) is 5.75 Å². The Balaban J connectivity index is 2.02. The summed E-state index contributed by atoms with van der Waals surface area (Å²) in [4.78, 5) is 42.5. The van der Waals surface area contributed by atoms with E-state index in [1.165, 1.54) is 38.0 Å². The third kappa shape index (κ3) is 4.95. The van der Waals surface area contributed by atoms with E-state index in [0.717, 1.165) is 17.4 Å². The number of nitro groups is 1. The van der Waals surface area contributed by atoms with Crippen LogP contribution >= 0.6 is 11.3 Å². The summed E-state index contributed by atoms with van der Waals surface area (Å²) in [5, 5.41) is 21.6. The van der Waals surface area contributed by atoms with Gasteiger partial charge in [-0.15, -0.1) is 0 Å². The Bertz CT molecular complexity index is 1690. The molecule has 1 atom stereocenters. The average Bonchev–Trinajstić information content (AvgIpc) is 3.22. The van der Waals surface area contributed by atoms with Crippen molar-refractivity contribution in [2.24, 2.45) is 4.99 Å². The molecule has 39 heavy (non-hydrogen) atoms. The molecular formula is C26H25N3O9S. The Labute approximate surface area is 225 Å². The van der Waals surface area contributed by atoms with Gasteiger partial charge in [-0.05, 0) is 49.8 Å². The lowest BCUT2D eigenvalue weighted by Crippen LogP contribution is -2.40. The molecule has 0 fully saturated rings. The van der Waals surface area contributed by atoms with Gasteiger partial charge in [-0.3, -0.25) is 19.5 Å². The van der Waals surface area contributed by atoms with E-state index in [0.29, 0.717) is 27.6 Å². The number of hydrogen-bond donors (Lipinski definition) is 1. The summed E-state index contributed by atoms with van der Waals surface area (Å²) >= 11 is 1.04. The number of aromatic hydroxyl groups is 1. The van der Waals surface area contributed by atoms with Crippen LogP contribution in [0.25, 0.3) is 6.08 Å². The van der Waals surface area contributed by atoms with Gasteiger partial charge in [0.25, 0.3) is 5.56 Å². The highest BCUT2D eigenvalue weighted by atomic mass is 32.1. The van der Waals surface area contributed by atoms with Gasteiger partial charge < -0.3 is 24.1 Å². The number of benzene rings is 2. The van der Waals surface area contributed by atoms with Crippen LogP contribution in [0.5, 0.6) is 23.0 Å². The molecule has 0 spiro atoms. The number of aromatic nitrogens is 1. The number of rotatable bonds is 8. The van der Waals surface area contributed by atoms with Gasteiger partial charge in [0, 0.05) is 11.6 Å². The van der Waals surface area contributed by atoms with Gasteiger partial charge in [-0.2, -0.15) is 0 Å². The van der Waals surface area contributed by atoms with Crippen LogP contribution in [0.4, 0.5) is 5.69 Å². The SMILES string of the molecule is CCOC(=O)C1=C(C)N=c2s/c(=C\c3cc(OC)c(O)c([N+](=O)[O-])c3)c(=O)n2[C@@H]1c1cc(OC)ccc1OC. The third-order valence-corrected chi connectivity index (χ3v) is 7.02. The molecule has 1 N–H and O–H groups in total. The van der Waals surface area contributed by atoms with Crippen molar-refractivity contribution in [3.05, 3.63) is 82.5 Å². The minimum absolute atomic E-state index is 0.115. The molecule has 0 bridgehead atoms. The number of methoxy groups -OCH3 is 3. The molecule has 12 nitrogen and oxygen atoms in total. The maximum atomic E-state index is 13.8. The molecule has 1 aliphatic rings. The molecule has 0 amide bonds. The minimum Gasteiger partial charge on any atom is -0.500 e. The van der Waals surface area contributed by atoms with Gasteiger partial charge in [-0.25, -0.2) is 9.79 Å². The first-order valence-corrected chi connectivity index (χ1v) is 12.4. The Morgan fingerprint density at radius 2 is 1.90 bits per heavy atom. The number of hydrogen-bond acceptors (Lipinski definition) is 11. The van der Waals surface area contributed by atoms with Crippen molar-refractivity contribution in [3.63, 3.8) is 0 Å². The Morgan fingerprint density at radius 3 is 2.51 bits per heavy atom. The van der Waals surface area contributed by atoms with Crippen molar-refractivity contribution < 1.29 is 33.8 Å². The smallest absolute Gasteiger partial charge is 0.338 e. The number of esters is 1. The van der Waals surface area contributed by atoms with Gasteiger partial charge >= 0.3 is 11.7 Å². The van der Waals surface area contributed by atoms with Crippen LogP contribution in [-0.2, 0) is 9.53 Å². The Hall–Kier alpha value is -4.65. The normalized spacial score (nSPS) is 14.9. The Morgan fingerprint density at radius 1 is 1.18 bits per heavy atom. The summed E-state index contributed by atoms with van der Waals surface area (Å²) in [6, 6.07) is 6.58. The summed E-state index contributed by atoms with van der Waals surface area (Å²) < 4.78 is 22.9. The van der Waals surface area contributed by atoms with E-state index in [-0.39, 0.29) is 28.0 Å². The topological polar surface area (TPSA) is 152 Å². The number of nitrogens with zero attached hydrogens (tertiary/aromatic N) is 3. The van der Waals surface area contributed by atoms with E-state index >= 15 is 0 Å². The molecule has 1 aromatic heterocycles. The molecule has 4 rings (SSSR count). The number of ether oxygens (including phenoxy) is 4. The molecule has 204 valence electrons. The molecule has 0 saturated carbocycles. The van der Waals surface area contributed by atoms with E-state index in [1.807, 2.05) is 0 Å². The molecule has 2 heterocycles. The summed E-state index contributed by atoms with van der Waals surface area (Å²) in [7, 11) is 4.23. The van der Waals surface area contributed by atoms with Crippen LogP contribution < -0.4 is 29.1 Å². The third-order valence-electron chi connectivity index (χ3n) is 6.04. The van der Waals surface area contributed by atoms with Crippen LogP contribution in [0.3, 0.4) is 0 Å². The molecule has 1 aliphatic heterocycles. The lowest BCUT2D eigenvalue weighted by Gasteiger charge is -2.26. The fraction of sp³-hybridized carbons (Fsp3) is 0.269. The molecule has 0 saturated heterocycles. The average molecular weight is 556 g/mol. The number of nitro benzene ring substituents is 1. The standard InChI is InChI=1S/C26H25N3O9S/c1-6-38-25(32)21-13(2)27-26-28(22(21)16-12-15(35-3)7-8-18(16)36-4)24(31)20(39-26)11-14-9-17(29(33)34)23(30)19(10-14)37-5/h7-12,22,30H,6H2,1-5H3/b20-11-/t22-/m1/s1. The summed E-state index contributed by atoms with van der Waals surface area (Å²) in [5.74, 6) is -0.495. The zero-order valence-corrected chi connectivity index (χ0v) is 22.5. The molecule has 3 aromatic rings. The zero-order valence-electron chi connectivity index (χ0n) is 21.7. The number of phenols is 1. The number of fused-ring (bicyclic) bond motifs is 1. The predicted molar refractivity (Wildman–Crippen MR) is 141 cm³/mol. The van der Waals surface area contributed by atoms with Crippen LogP contribution in [0.1, 0.15) is 31.0 Å². The van der Waals surface area contributed by atoms with Crippen molar-refractivity contribution >= 4 is 29.1 Å². The fourth-order valence-corrected chi connectivity index (χ4v) is 5.33. The first kappa shape index (κ1) is 27.4. The number of phenolic OH excluding ortho intramolecular Hbond substituents is 1. The number of allylic oxidation sites excluding steroid dienone is 1. The fourth-order valence-electron chi connectivity index (χ4n) is 4.28. The van der Waals surface area contributed by atoms with Crippen LogP contribution in [0.2, 0.25) is 0 Å². The van der Waals surface area contributed by atoms with E-state index < -0.39 is 33.9 Å². The molecule has 0 unspecified atom stereocenters. The molecule has 13 heteroatoms. The van der Waals surface area contributed by atoms with Gasteiger partial charge in [0.15, 0.2) is 10.6 Å². The van der Waals surface area contributed by atoms with Crippen molar-refractivity contribution in [2.45, 2.75) is 19.9 Å². The van der Waals surface area contributed by atoms with E-state index in [1.54, 1.807) is 32.0 Å². The second-order valence-electron chi connectivity index (χ2n) is 8.26. The first-order chi connectivity index (χ1) is 18.6. The van der Waals surface area contributed by atoms with E-state index in [4.69, 9.17) is 18.9 Å². The first-order valence-electron chi connectivity index (χ1n) is 11.6. The predicted octanol–water partition coefficient (Wildman–Crippen LogP) is 2.44. The molecular weight excluding hydrogens is 530 g/mol. The van der Waals surface area contributed by atoms with Crippen molar-refractivity contribution in [1.29, 1.82) is 0 Å². The van der Waals surface area contributed by atoms with E-state index in [9.17, 15) is 24.8 Å². The summed E-state index contributed by atoms with van der Waals surface area (Å²) in [6.07, 6.45) is 1.43. The second-order valence-corrected chi connectivity index (χ2v) is 9.27. The zero-order chi connectivity index (χ0) is 28.4. The lowest BCUT2D eigenvalue weighted by molar-refractivity contribution is -0.386. The number of carbonyl (C=O) groups excluding carboxylic acids is 1. The number of carbonyl (C=O) groups is 1. The van der Waals surface area contributed by atoms with Crippen LogP contribution in [0, 0.1) is 10.1 Å². The largest absolute Gasteiger partial charge is 0.500 e. The summed E-state index contributed by atoms with van der Waals surface area (Å²) in [5.41, 5.74) is 0.162.